The van der Waals surface area contributed by atoms with Gasteiger partial charge < -0.3 is 24.4 Å². The highest BCUT2D eigenvalue weighted by molar-refractivity contribution is 9.11. The van der Waals surface area contributed by atoms with E-state index in [4.69, 9.17) is 14.2 Å². The second kappa shape index (κ2) is 8.64. The van der Waals surface area contributed by atoms with E-state index in [1.807, 2.05) is 0 Å². The maximum absolute atomic E-state index is 14.8. The fourth-order valence-electron chi connectivity index (χ4n) is 5.07. The first-order chi connectivity index (χ1) is 15.3. The highest BCUT2D eigenvalue weighted by atomic mass is 79.9. The van der Waals surface area contributed by atoms with Gasteiger partial charge in [0.25, 0.3) is 5.92 Å². The number of carbonyl (C=O) groups excluding carboxylic acids is 2. The summed E-state index contributed by atoms with van der Waals surface area (Å²) in [6, 6.07) is -0.592. The van der Waals surface area contributed by atoms with Gasteiger partial charge in [0.1, 0.15) is 10.5 Å². The predicted octanol–water partition coefficient (Wildman–Crippen LogP) is 4.90. The topological polar surface area (TPSA) is 77.1 Å². The molecule has 1 aromatic rings. The van der Waals surface area contributed by atoms with Crippen LogP contribution in [0.25, 0.3) is 0 Å². The highest BCUT2D eigenvalue weighted by Crippen LogP contribution is 2.49. The minimum atomic E-state index is -2.99. The minimum Gasteiger partial charge on any atom is -0.465 e. The van der Waals surface area contributed by atoms with Crippen molar-refractivity contribution >= 4 is 45.0 Å². The third kappa shape index (κ3) is 5.00. The molecule has 184 valence electrons. The lowest BCUT2D eigenvalue weighted by Gasteiger charge is -2.42. The van der Waals surface area contributed by atoms with E-state index in [1.165, 1.54) is 12.0 Å². The number of carbonyl (C=O) groups is 2. The lowest BCUT2D eigenvalue weighted by molar-refractivity contribution is -0.0235. The van der Waals surface area contributed by atoms with Gasteiger partial charge in [0.15, 0.2) is 0 Å². The SMILES string of the molecule is COC(=O)c1sc(Br)c2c1N(CC(NC(=O)OC(C)(C)C)C13CCC(CC1)O3)CC(F)(F)C2. The van der Waals surface area contributed by atoms with Gasteiger partial charge in [-0.1, -0.05) is 0 Å². The summed E-state index contributed by atoms with van der Waals surface area (Å²) in [7, 11) is 1.26. The number of thiophene rings is 1. The summed E-state index contributed by atoms with van der Waals surface area (Å²) in [5, 5.41) is 2.91. The summed E-state index contributed by atoms with van der Waals surface area (Å²) in [6.07, 6.45) is 2.22. The van der Waals surface area contributed by atoms with E-state index >= 15 is 0 Å². The molecular weight excluding hydrogens is 522 g/mol. The summed E-state index contributed by atoms with van der Waals surface area (Å²) >= 11 is 4.44. The number of rotatable bonds is 5. The van der Waals surface area contributed by atoms with Gasteiger partial charge in [-0.15, -0.1) is 11.3 Å². The number of fused-ring (bicyclic) bond motifs is 3. The Balaban J connectivity index is 1.69. The zero-order chi connectivity index (χ0) is 24.2. The molecule has 2 fully saturated rings. The molecule has 0 spiro atoms. The number of hydrogen-bond donors (Lipinski definition) is 1. The molecule has 2 saturated heterocycles. The standard InChI is InChI=1S/C22H29BrF2N2O5S/c1-20(2,3)32-19(29)26-14(21-7-5-12(31-21)6-8-21)10-27-11-22(24,25)9-13-15(27)16(18(28)30-4)33-17(13)23/h12,14H,5-11H2,1-4H3,(H,26,29). The normalized spacial score (nSPS) is 26.6. The first-order valence-corrected chi connectivity index (χ1v) is 12.6. The lowest BCUT2D eigenvalue weighted by atomic mass is 9.82. The van der Waals surface area contributed by atoms with Crippen molar-refractivity contribution in [2.24, 2.45) is 0 Å². The van der Waals surface area contributed by atoms with Gasteiger partial charge in [0.2, 0.25) is 0 Å². The second-order valence-corrected chi connectivity index (χ2v) is 12.4. The molecular formula is C22H29BrF2N2O5S. The van der Waals surface area contributed by atoms with Crippen LogP contribution in [0.1, 0.15) is 61.7 Å². The smallest absolute Gasteiger partial charge is 0.408 e. The van der Waals surface area contributed by atoms with Crippen LogP contribution in [0.4, 0.5) is 19.3 Å². The number of methoxy groups -OCH3 is 1. The van der Waals surface area contributed by atoms with E-state index in [-0.39, 0.29) is 17.5 Å². The van der Waals surface area contributed by atoms with E-state index < -0.39 is 48.2 Å². The van der Waals surface area contributed by atoms with E-state index in [9.17, 15) is 18.4 Å². The van der Waals surface area contributed by atoms with E-state index in [2.05, 4.69) is 21.2 Å². The summed E-state index contributed by atoms with van der Waals surface area (Å²) in [5.74, 6) is -3.57. The molecule has 2 bridgehead atoms. The van der Waals surface area contributed by atoms with E-state index in [0.717, 1.165) is 37.0 Å². The molecule has 0 aliphatic carbocycles. The molecule has 1 unspecified atom stereocenters. The molecule has 3 aliphatic heterocycles. The molecule has 1 aromatic heterocycles. The zero-order valence-electron chi connectivity index (χ0n) is 19.1. The molecule has 1 N–H and O–H groups in total. The van der Waals surface area contributed by atoms with Gasteiger partial charge in [-0.2, -0.15) is 0 Å². The Labute approximate surface area is 204 Å². The van der Waals surface area contributed by atoms with Gasteiger partial charge >= 0.3 is 12.1 Å². The number of hydrogen-bond acceptors (Lipinski definition) is 7. The number of alkyl halides is 2. The Morgan fingerprint density at radius 1 is 1.33 bits per heavy atom. The quantitative estimate of drug-likeness (QED) is 0.525. The third-order valence-electron chi connectivity index (χ3n) is 6.38. The summed E-state index contributed by atoms with van der Waals surface area (Å²) in [5.41, 5.74) is -0.540. The number of amides is 1. The van der Waals surface area contributed by atoms with Crippen LogP contribution < -0.4 is 10.2 Å². The van der Waals surface area contributed by atoms with Crippen molar-refractivity contribution in [1.29, 1.82) is 0 Å². The van der Waals surface area contributed by atoms with Crippen LogP contribution in [-0.2, 0) is 20.6 Å². The van der Waals surface area contributed by atoms with Crippen molar-refractivity contribution in [2.75, 3.05) is 25.1 Å². The third-order valence-corrected chi connectivity index (χ3v) is 8.34. The number of alkyl carbamates (subject to hydrolysis) is 1. The van der Waals surface area contributed by atoms with Gasteiger partial charge in [0.05, 0.1) is 40.9 Å². The molecule has 33 heavy (non-hydrogen) atoms. The number of nitrogens with zero attached hydrogens (tertiary/aromatic N) is 1. The second-order valence-electron chi connectivity index (χ2n) is 10.0. The van der Waals surface area contributed by atoms with Crippen LogP contribution in [0.5, 0.6) is 0 Å². The predicted molar refractivity (Wildman–Crippen MR) is 123 cm³/mol. The summed E-state index contributed by atoms with van der Waals surface area (Å²) < 4.78 is 46.7. The number of ether oxygens (including phenoxy) is 3. The van der Waals surface area contributed by atoms with Crippen molar-refractivity contribution in [2.45, 2.75) is 82.1 Å². The number of halogens is 3. The molecule has 1 amide bonds. The van der Waals surface area contributed by atoms with Gasteiger partial charge in [-0.05, 0) is 62.4 Å². The minimum absolute atomic E-state index is 0.0573. The van der Waals surface area contributed by atoms with Crippen LogP contribution >= 0.6 is 27.3 Å². The number of esters is 1. The van der Waals surface area contributed by atoms with Crippen LogP contribution in [0.2, 0.25) is 0 Å². The summed E-state index contributed by atoms with van der Waals surface area (Å²) in [4.78, 5) is 26.9. The Morgan fingerprint density at radius 3 is 2.55 bits per heavy atom. The average Bonchev–Trinajstić information content (AvgIpc) is 3.39. The van der Waals surface area contributed by atoms with E-state index in [0.29, 0.717) is 15.0 Å². The molecule has 7 nitrogen and oxygen atoms in total. The van der Waals surface area contributed by atoms with Gasteiger partial charge in [0, 0.05) is 18.5 Å². The largest absolute Gasteiger partial charge is 0.465 e. The fraction of sp³-hybridized carbons (Fsp3) is 0.727. The van der Waals surface area contributed by atoms with Crippen molar-refractivity contribution in [3.05, 3.63) is 14.2 Å². The average molecular weight is 551 g/mol. The first kappa shape index (κ1) is 24.7. The molecule has 11 heteroatoms. The molecule has 0 radical (unpaired) electrons. The van der Waals surface area contributed by atoms with Crippen LogP contribution in [0.3, 0.4) is 0 Å². The maximum Gasteiger partial charge on any atom is 0.408 e. The van der Waals surface area contributed by atoms with Crippen LogP contribution in [0.15, 0.2) is 3.79 Å². The lowest BCUT2D eigenvalue weighted by Crippen LogP contribution is -2.59. The fourth-order valence-corrected chi connectivity index (χ4v) is 6.87. The molecule has 4 heterocycles. The Morgan fingerprint density at radius 2 is 2.00 bits per heavy atom. The van der Waals surface area contributed by atoms with E-state index in [1.54, 1.807) is 20.8 Å². The Bertz CT molecular complexity index is 940. The monoisotopic (exact) mass is 550 g/mol. The molecule has 3 aliphatic rings. The van der Waals surface area contributed by atoms with Crippen LogP contribution in [0, 0.1) is 0 Å². The molecule has 4 rings (SSSR count). The van der Waals surface area contributed by atoms with Gasteiger partial charge in [-0.3, -0.25) is 0 Å². The highest BCUT2D eigenvalue weighted by Gasteiger charge is 2.53. The summed E-state index contributed by atoms with van der Waals surface area (Å²) in [6.45, 7) is 4.78. The Hall–Kier alpha value is -1.46. The molecule has 0 aromatic carbocycles. The van der Waals surface area contributed by atoms with Crippen molar-refractivity contribution in [3.63, 3.8) is 0 Å². The molecule has 0 saturated carbocycles. The van der Waals surface area contributed by atoms with Crippen molar-refractivity contribution in [3.8, 4) is 0 Å². The molecule has 1 atom stereocenters. The number of nitrogens with one attached hydrogen (secondary N) is 1. The van der Waals surface area contributed by atoms with Gasteiger partial charge in [-0.25, -0.2) is 18.4 Å². The first-order valence-electron chi connectivity index (χ1n) is 11.0. The number of anilines is 1. The van der Waals surface area contributed by atoms with Crippen molar-refractivity contribution in [1.82, 2.24) is 5.32 Å². The maximum atomic E-state index is 14.8. The Kier molecular flexibility index (Phi) is 6.46. The van der Waals surface area contributed by atoms with Crippen LogP contribution in [-0.4, -0.2) is 61.5 Å². The van der Waals surface area contributed by atoms with Crippen molar-refractivity contribution < 1.29 is 32.6 Å². The zero-order valence-corrected chi connectivity index (χ0v) is 21.5.